The monoisotopic (exact) mass is 630 g/mol. The second-order valence-electron chi connectivity index (χ2n) is 10.8. The van der Waals surface area contributed by atoms with Crippen molar-refractivity contribution in [3.05, 3.63) is 81.4 Å². The molecule has 1 aliphatic rings. The van der Waals surface area contributed by atoms with E-state index in [4.69, 9.17) is 23.7 Å². The molecule has 0 amide bonds. The van der Waals surface area contributed by atoms with Crippen LogP contribution >= 0.6 is 0 Å². The number of ether oxygens (including phenoxy) is 5. The fourth-order valence-electron chi connectivity index (χ4n) is 4.99. The molecule has 0 aromatic heterocycles. The highest BCUT2D eigenvalue weighted by atomic mass is 16.7. The van der Waals surface area contributed by atoms with E-state index in [-0.39, 0.29) is 30.4 Å². The van der Waals surface area contributed by atoms with Gasteiger partial charge in [-0.1, -0.05) is 51.0 Å². The molecule has 0 aliphatic carbocycles. The minimum atomic E-state index is -0.682. The Balaban J connectivity index is 1.07. The van der Waals surface area contributed by atoms with Crippen molar-refractivity contribution in [1.29, 1.82) is 5.26 Å². The molecule has 11 heteroatoms. The molecular weight excluding hydrogens is 592 g/mol. The third-order valence-corrected chi connectivity index (χ3v) is 7.43. The molecule has 1 N–H and O–H groups in total. The number of carbonyl (C=O) groups excluding carboxylic acids is 1. The summed E-state index contributed by atoms with van der Waals surface area (Å²) in [6, 6.07) is 16.5. The molecule has 1 aliphatic heterocycles. The fraction of sp³-hybridized carbons (Fsp3) is 0.371. The van der Waals surface area contributed by atoms with Gasteiger partial charge in [0.15, 0.2) is 23.0 Å². The predicted octanol–water partition coefficient (Wildman–Crippen LogP) is 7.85. The zero-order chi connectivity index (χ0) is 32.7. The number of rotatable bonds is 18. The van der Waals surface area contributed by atoms with Gasteiger partial charge in [0.1, 0.15) is 5.75 Å². The normalized spacial score (nSPS) is 12.0. The average Bonchev–Trinajstić information content (AvgIpc) is 3.53. The van der Waals surface area contributed by atoms with Crippen molar-refractivity contribution in [1.82, 2.24) is 0 Å². The predicted molar refractivity (Wildman–Crippen MR) is 171 cm³/mol. The number of benzene rings is 3. The van der Waals surface area contributed by atoms with Crippen LogP contribution in [0.3, 0.4) is 0 Å². The van der Waals surface area contributed by atoms with Crippen LogP contribution in [-0.2, 0) is 4.74 Å². The molecule has 0 radical (unpaired) electrons. The Bertz CT molecular complexity index is 1580. The average molecular weight is 631 g/mol. The molecule has 242 valence electrons. The van der Waals surface area contributed by atoms with Crippen LogP contribution < -0.4 is 18.9 Å². The van der Waals surface area contributed by atoms with Gasteiger partial charge in [0.2, 0.25) is 6.79 Å². The number of nitro groups is 1. The summed E-state index contributed by atoms with van der Waals surface area (Å²) in [6.45, 7) is 0.994. The van der Waals surface area contributed by atoms with Gasteiger partial charge in [-0.25, -0.2) is 4.79 Å². The van der Waals surface area contributed by atoms with E-state index in [1.807, 2.05) is 24.3 Å². The van der Waals surface area contributed by atoms with E-state index in [1.54, 1.807) is 25.3 Å². The number of aromatic hydroxyl groups is 1. The summed E-state index contributed by atoms with van der Waals surface area (Å²) in [7, 11) is 1.60. The third-order valence-electron chi connectivity index (χ3n) is 7.43. The maximum atomic E-state index is 12.1. The molecular formula is C35H38N2O9. The van der Waals surface area contributed by atoms with E-state index in [0.717, 1.165) is 80.7 Å². The highest BCUT2D eigenvalue weighted by Crippen LogP contribution is 2.35. The lowest BCUT2D eigenvalue weighted by atomic mass is 10.0. The molecule has 46 heavy (non-hydrogen) atoms. The smallest absolute Gasteiger partial charge is 0.338 e. The number of nitro benzene ring substituents is 1. The quantitative estimate of drug-likeness (QED) is 0.0367. The molecule has 11 nitrogen and oxygen atoms in total. The van der Waals surface area contributed by atoms with Gasteiger partial charge in [-0.2, -0.15) is 5.26 Å². The van der Waals surface area contributed by atoms with Gasteiger partial charge >= 0.3 is 5.97 Å². The summed E-state index contributed by atoms with van der Waals surface area (Å²) >= 11 is 0. The Morgan fingerprint density at radius 2 is 1.59 bits per heavy atom. The Morgan fingerprint density at radius 3 is 2.28 bits per heavy atom. The van der Waals surface area contributed by atoms with Crippen molar-refractivity contribution in [3.63, 3.8) is 0 Å². The Morgan fingerprint density at radius 1 is 0.891 bits per heavy atom. The molecule has 3 aromatic carbocycles. The first kappa shape index (κ1) is 33.6. The zero-order valence-electron chi connectivity index (χ0n) is 25.9. The number of hydrogen-bond donors (Lipinski definition) is 1. The molecule has 0 bridgehead atoms. The number of unbranched alkanes of at least 4 members (excludes halogenated alkanes) is 8. The van der Waals surface area contributed by atoms with Gasteiger partial charge < -0.3 is 28.8 Å². The SMILES string of the molecule is COc1cc(/C=C(\C#N)c2ccc3c(c2)OCO3)ccc1OCCCCCCCCCCCOC(=O)c1cc(O)cc([N+](=O)[O-])c1. The van der Waals surface area contributed by atoms with Crippen molar-refractivity contribution in [2.24, 2.45) is 0 Å². The van der Waals surface area contributed by atoms with Crippen molar-refractivity contribution < 1.29 is 38.5 Å². The van der Waals surface area contributed by atoms with Crippen molar-refractivity contribution >= 4 is 23.3 Å². The van der Waals surface area contributed by atoms with Crippen LogP contribution in [0, 0.1) is 21.4 Å². The van der Waals surface area contributed by atoms with Crippen molar-refractivity contribution in [2.75, 3.05) is 27.1 Å². The number of phenols is 1. The van der Waals surface area contributed by atoms with E-state index in [1.165, 1.54) is 0 Å². The second-order valence-corrected chi connectivity index (χ2v) is 10.8. The van der Waals surface area contributed by atoms with Gasteiger partial charge in [-0.15, -0.1) is 0 Å². The molecule has 0 saturated heterocycles. The van der Waals surface area contributed by atoms with E-state index in [2.05, 4.69) is 6.07 Å². The van der Waals surface area contributed by atoms with Crippen LogP contribution in [0.15, 0.2) is 54.6 Å². The Kier molecular flexibility index (Phi) is 12.7. The molecule has 4 rings (SSSR count). The largest absolute Gasteiger partial charge is 0.508 e. The van der Waals surface area contributed by atoms with Crippen LogP contribution in [0.1, 0.15) is 79.3 Å². The Hall–Kier alpha value is -5.24. The van der Waals surface area contributed by atoms with Crippen molar-refractivity contribution in [3.8, 4) is 34.8 Å². The summed E-state index contributed by atoms with van der Waals surface area (Å²) in [5.74, 6) is 1.53. The molecule has 3 aromatic rings. The lowest BCUT2D eigenvalue weighted by Gasteiger charge is -2.11. The topological polar surface area (TPSA) is 150 Å². The highest BCUT2D eigenvalue weighted by molar-refractivity contribution is 5.91. The minimum absolute atomic E-state index is 0.0356. The summed E-state index contributed by atoms with van der Waals surface area (Å²) in [4.78, 5) is 22.3. The summed E-state index contributed by atoms with van der Waals surface area (Å²) in [5, 5.41) is 30.2. The molecule has 0 spiro atoms. The molecule has 0 saturated carbocycles. The molecule has 0 unspecified atom stereocenters. The van der Waals surface area contributed by atoms with E-state index < -0.39 is 10.9 Å². The standard InChI is InChI=1S/C35H38N2O9/c1-42-33-18-25(17-28(23-36)26-12-14-32-34(21-26)46-24-45-32)11-13-31(33)43-15-9-7-5-3-2-4-6-8-10-16-44-35(39)27-19-29(37(40)41)22-30(38)20-27/h11-14,17-22,38H,2-10,15-16,24H2,1H3/b28-17+. The first-order valence-corrected chi connectivity index (χ1v) is 15.4. The van der Waals surface area contributed by atoms with Crippen LogP contribution in [0.25, 0.3) is 11.6 Å². The molecule has 0 fully saturated rings. The molecule has 1 heterocycles. The molecule has 0 atom stereocenters. The number of carbonyl (C=O) groups is 1. The van der Waals surface area contributed by atoms with E-state index in [9.17, 15) is 25.3 Å². The summed E-state index contributed by atoms with van der Waals surface area (Å²) in [6.07, 6.45) is 11.0. The maximum absolute atomic E-state index is 12.1. The Labute approximate surface area is 268 Å². The van der Waals surface area contributed by atoms with Gasteiger partial charge in [0.25, 0.3) is 5.69 Å². The second kappa shape index (κ2) is 17.3. The van der Waals surface area contributed by atoms with E-state index in [0.29, 0.717) is 41.6 Å². The number of esters is 1. The lowest BCUT2D eigenvalue weighted by molar-refractivity contribution is -0.385. The third kappa shape index (κ3) is 9.89. The van der Waals surface area contributed by atoms with E-state index >= 15 is 0 Å². The fourth-order valence-corrected chi connectivity index (χ4v) is 4.99. The first-order chi connectivity index (χ1) is 22.4. The number of allylic oxidation sites excluding steroid dienone is 1. The first-order valence-electron chi connectivity index (χ1n) is 15.4. The van der Waals surface area contributed by atoms with Gasteiger partial charge in [0.05, 0.1) is 48.5 Å². The minimum Gasteiger partial charge on any atom is -0.508 e. The number of methoxy groups -OCH3 is 1. The maximum Gasteiger partial charge on any atom is 0.338 e. The summed E-state index contributed by atoms with van der Waals surface area (Å²) < 4.78 is 27.5. The van der Waals surface area contributed by atoms with Gasteiger partial charge in [0, 0.05) is 6.07 Å². The number of nitriles is 1. The number of hydrogen-bond acceptors (Lipinski definition) is 10. The zero-order valence-corrected chi connectivity index (χ0v) is 25.9. The number of fused-ring (bicyclic) bond motifs is 1. The number of nitrogens with zero attached hydrogens (tertiary/aromatic N) is 2. The van der Waals surface area contributed by atoms with Crippen LogP contribution in [-0.4, -0.2) is 43.1 Å². The van der Waals surface area contributed by atoms with Gasteiger partial charge in [-0.3, -0.25) is 10.1 Å². The van der Waals surface area contributed by atoms with Crippen LogP contribution in [0.4, 0.5) is 5.69 Å². The van der Waals surface area contributed by atoms with Crippen LogP contribution in [0.2, 0.25) is 0 Å². The van der Waals surface area contributed by atoms with Gasteiger partial charge in [-0.05, 0) is 66.4 Å². The lowest BCUT2D eigenvalue weighted by Crippen LogP contribution is -2.07. The number of non-ortho nitro benzene ring substituents is 1. The van der Waals surface area contributed by atoms with Crippen molar-refractivity contribution in [2.45, 2.75) is 57.8 Å². The van der Waals surface area contributed by atoms with Crippen LogP contribution in [0.5, 0.6) is 28.7 Å². The summed E-state index contributed by atoms with van der Waals surface area (Å²) in [5.41, 5.74) is 1.67. The number of phenolic OH excluding ortho intramolecular Hbond substituents is 1. The highest BCUT2D eigenvalue weighted by Gasteiger charge is 2.16.